The van der Waals surface area contributed by atoms with Gasteiger partial charge in [-0.1, -0.05) is 45.1 Å². The smallest absolute Gasteiger partial charge is 0.330 e. The summed E-state index contributed by atoms with van der Waals surface area (Å²) < 4.78 is 24.0. The Hall–Kier alpha value is -3.12. The minimum absolute atomic E-state index is 0.597. The zero-order valence-corrected chi connectivity index (χ0v) is 30.1. The maximum absolute atomic E-state index is 13.0. The fourth-order valence-corrected chi connectivity index (χ4v) is 6.79. The highest BCUT2D eigenvalue weighted by Gasteiger charge is 2.53. The molecule has 3 aliphatic heterocycles. The van der Waals surface area contributed by atoms with E-state index in [1.807, 2.05) is 4.98 Å². The van der Waals surface area contributed by atoms with Crippen LogP contribution in [-0.4, -0.2) is 155 Å². The van der Waals surface area contributed by atoms with E-state index >= 15 is 0 Å². The molecule has 0 aromatic carbocycles. The van der Waals surface area contributed by atoms with Crippen LogP contribution in [0.1, 0.15) is 71.4 Å². The third-order valence-electron chi connectivity index (χ3n) is 9.78. The zero-order chi connectivity index (χ0) is 39.7. The minimum atomic E-state index is -1.85. The Morgan fingerprint density at radius 2 is 1.48 bits per heavy atom. The second-order valence-corrected chi connectivity index (χ2v) is 13.9. The molecule has 3 fully saturated rings. The molecule has 2 amide bonds. The first-order valence-electron chi connectivity index (χ1n) is 18.2. The average Bonchev–Trinajstić information content (AvgIpc) is 3.42. The first kappa shape index (κ1) is 43.6. The second kappa shape index (κ2) is 20.2. The van der Waals surface area contributed by atoms with Gasteiger partial charge in [0.1, 0.15) is 60.9 Å². The molecule has 0 spiro atoms. The van der Waals surface area contributed by atoms with Gasteiger partial charge in [-0.15, -0.1) is 0 Å². The quantitative estimate of drug-likeness (QED) is 0.0533. The van der Waals surface area contributed by atoms with E-state index in [0.717, 1.165) is 62.3 Å². The molecular formula is C34H54N4O16. The van der Waals surface area contributed by atoms with E-state index in [0.29, 0.717) is 6.42 Å². The third kappa shape index (κ3) is 10.8. The molecule has 54 heavy (non-hydrogen) atoms. The summed E-state index contributed by atoms with van der Waals surface area (Å²) in [5, 5.41) is 91.0. The first-order valence-corrected chi connectivity index (χ1v) is 18.2. The summed E-state index contributed by atoms with van der Waals surface area (Å²) in [6, 6.07) is -2.01. The number of aliphatic hydroxyl groups is 8. The van der Waals surface area contributed by atoms with Gasteiger partial charge in [0.25, 0.3) is 5.56 Å². The Labute approximate surface area is 310 Å². The van der Waals surface area contributed by atoms with Gasteiger partial charge in [-0.05, 0) is 18.9 Å². The molecule has 4 heterocycles. The van der Waals surface area contributed by atoms with Crippen molar-refractivity contribution in [3.8, 4) is 0 Å². The fourth-order valence-electron chi connectivity index (χ4n) is 6.79. The SMILES string of the molecule is CCCCCCCC/C=C/C(=O)NC1C(OC2OC(CO)C(O)C(O)C2NC(C)=O)OC(CC(O)C2OC(n3ccc(=O)[nH]c3=O)C(O)C2O)C(O)C1O. The largest absolute Gasteiger partial charge is 0.394 e. The number of hydrogen-bond donors (Lipinski definition) is 11. The monoisotopic (exact) mass is 774 g/mol. The number of hydrogen-bond acceptors (Lipinski definition) is 16. The molecule has 11 N–H and O–H groups in total. The van der Waals surface area contributed by atoms with Crippen LogP contribution in [0.5, 0.6) is 0 Å². The van der Waals surface area contributed by atoms with Crippen molar-refractivity contribution < 1.29 is 69.4 Å². The number of aromatic nitrogens is 2. The Bertz CT molecular complexity index is 1510. The van der Waals surface area contributed by atoms with Crippen LogP contribution in [0.15, 0.2) is 34.0 Å². The Kier molecular flexibility index (Phi) is 16.3. The summed E-state index contributed by atoms with van der Waals surface area (Å²) in [6.07, 6.45) is -11.6. The lowest BCUT2D eigenvalue weighted by Crippen LogP contribution is -2.68. The van der Waals surface area contributed by atoms with Crippen LogP contribution in [0.4, 0.5) is 0 Å². The van der Waals surface area contributed by atoms with Crippen LogP contribution in [0.2, 0.25) is 0 Å². The Morgan fingerprint density at radius 3 is 2.11 bits per heavy atom. The molecule has 20 nitrogen and oxygen atoms in total. The number of nitrogens with one attached hydrogen (secondary N) is 3. The third-order valence-corrected chi connectivity index (χ3v) is 9.78. The molecule has 0 aliphatic carbocycles. The second-order valence-electron chi connectivity index (χ2n) is 13.9. The van der Waals surface area contributed by atoms with E-state index in [4.69, 9.17) is 18.9 Å². The van der Waals surface area contributed by atoms with Gasteiger partial charge in [-0.3, -0.25) is 23.9 Å². The van der Waals surface area contributed by atoms with Crippen molar-refractivity contribution >= 4 is 11.8 Å². The average molecular weight is 775 g/mol. The van der Waals surface area contributed by atoms with Crippen LogP contribution >= 0.6 is 0 Å². The molecule has 15 unspecified atom stereocenters. The van der Waals surface area contributed by atoms with Gasteiger partial charge in [0.2, 0.25) is 11.8 Å². The Morgan fingerprint density at radius 1 is 0.870 bits per heavy atom. The van der Waals surface area contributed by atoms with Crippen LogP contribution in [0, 0.1) is 0 Å². The number of H-pyrrole nitrogens is 1. The highest BCUT2D eigenvalue weighted by Crippen LogP contribution is 2.34. The van der Waals surface area contributed by atoms with Gasteiger partial charge in [0.15, 0.2) is 18.8 Å². The summed E-state index contributed by atoms with van der Waals surface area (Å²) in [7, 11) is 0. The molecule has 20 heteroatoms. The summed E-state index contributed by atoms with van der Waals surface area (Å²) in [5.74, 6) is -1.36. The van der Waals surface area contributed by atoms with E-state index in [9.17, 15) is 60.0 Å². The van der Waals surface area contributed by atoms with Gasteiger partial charge >= 0.3 is 5.69 Å². The maximum atomic E-state index is 13.0. The van der Waals surface area contributed by atoms with E-state index in [1.54, 1.807) is 6.08 Å². The molecule has 3 aliphatic rings. The number of carbonyl (C=O) groups excluding carboxylic acids is 2. The number of rotatable bonds is 17. The van der Waals surface area contributed by atoms with Crippen molar-refractivity contribution in [1.82, 2.24) is 20.2 Å². The number of nitrogens with zero attached hydrogens (tertiary/aromatic N) is 1. The molecular weight excluding hydrogens is 720 g/mol. The van der Waals surface area contributed by atoms with Crippen molar-refractivity contribution in [3.63, 3.8) is 0 Å². The molecule has 4 rings (SSSR count). The van der Waals surface area contributed by atoms with Crippen LogP contribution < -0.4 is 21.9 Å². The maximum Gasteiger partial charge on any atom is 0.330 e. The highest BCUT2D eigenvalue weighted by molar-refractivity contribution is 5.87. The highest BCUT2D eigenvalue weighted by atomic mass is 16.8. The minimum Gasteiger partial charge on any atom is -0.394 e. The zero-order valence-electron chi connectivity index (χ0n) is 30.1. The first-order chi connectivity index (χ1) is 25.7. The van der Waals surface area contributed by atoms with Crippen LogP contribution in [0.25, 0.3) is 0 Å². The number of carbonyl (C=O) groups is 2. The van der Waals surface area contributed by atoms with Gasteiger partial charge in [-0.2, -0.15) is 0 Å². The van der Waals surface area contributed by atoms with Gasteiger partial charge in [0, 0.05) is 25.6 Å². The lowest BCUT2D eigenvalue weighted by atomic mass is 9.91. The predicted octanol–water partition coefficient (Wildman–Crippen LogP) is -3.89. The van der Waals surface area contributed by atoms with Crippen LogP contribution in [-0.2, 0) is 28.5 Å². The van der Waals surface area contributed by atoms with E-state index < -0.39 is 128 Å². The fraction of sp³-hybridized carbons (Fsp3) is 0.765. The number of aliphatic hydroxyl groups excluding tert-OH is 8. The normalized spacial score (nSPS) is 36.3. The molecule has 1 aromatic rings. The number of amides is 2. The predicted molar refractivity (Wildman–Crippen MR) is 184 cm³/mol. The van der Waals surface area contributed by atoms with Gasteiger partial charge < -0.3 is 70.4 Å². The standard InChI is InChI=1S/C34H54N4O16/c1-3-4-5-6-7-8-9-10-11-20(42)36-23-27(47)24(44)18(51-33(23)54-32-22(35-16(2)40)26(46)25(45)19(15-39)52-32)14-17(41)30-28(48)29(49)31(53-30)38-13-12-21(43)37-34(38)50/h10-13,17-19,22-33,39,41,44-49H,3-9,14-15H2,1-2H3,(H,35,40)(H,36,42)(H,37,43,50)/b11-10+. The molecule has 306 valence electrons. The molecule has 15 atom stereocenters. The van der Waals surface area contributed by atoms with Gasteiger partial charge in [0.05, 0.1) is 18.8 Å². The van der Waals surface area contributed by atoms with Crippen molar-refractivity contribution in [2.24, 2.45) is 0 Å². The summed E-state index contributed by atoms with van der Waals surface area (Å²) in [4.78, 5) is 50.9. The number of unbranched alkanes of at least 4 members (excludes halogenated alkanes) is 6. The van der Waals surface area contributed by atoms with Crippen molar-refractivity contribution in [3.05, 3.63) is 45.3 Å². The number of aromatic amines is 1. The summed E-state index contributed by atoms with van der Waals surface area (Å²) >= 11 is 0. The number of allylic oxidation sites excluding steroid dienone is 1. The lowest BCUT2D eigenvalue weighted by Gasteiger charge is -2.47. The lowest BCUT2D eigenvalue weighted by molar-refractivity contribution is -0.346. The van der Waals surface area contributed by atoms with E-state index in [2.05, 4.69) is 17.6 Å². The number of ether oxygens (including phenoxy) is 4. The Balaban J connectivity index is 1.53. The van der Waals surface area contributed by atoms with Crippen molar-refractivity contribution in [2.45, 2.75) is 157 Å². The topological polar surface area (TPSA) is 312 Å². The van der Waals surface area contributed by atoms with Crippen LogP contribution in [0.3, 0.4) is 0 Å². The molecule has 3 saturated heterocycles. The van der Waals surface area contributed by atoms with E-state index in [-0.39, 0.29) is 0 Å². The van der Waals surface area contributed by atoms with Crippen molar-refractivity contribution in [2.75, 3.05) is 6.61 Å². The van der Waals surface area contributed by atoms with Gasteiger partial charge in [-0.25, -0.2) is 4.79 Å². The molecule has 0 bridgehead atoms. The van der Waals surface area contributed by atoms with E-state index in [1.165, 1.54) is 6.08 Å². The summed E-state index contributed by atoms with van der Waals surface area (Å²) in [5.41, 5.74) is -1.69. The molecule has 0 saturated carbocycles. The molecule has 1 aromatic heterocycles. The summed E-state index contributed by atoms with van der Waals surface area (Å²) in [6.45, 7) is 2.47. The molecule has 0 radical (unpaired) electrons. The van der Waals surface area contributed by atoms with Crippen molar-refractivity contribution in [1.29, 1.82) is 0 Å².